The summed E-state index contributed by atoms with van der Waals surface area (Å²) in [5.41, 5.74) is 0. The van der Waals surface area contributed by atoms with Crippen LogP contribution in [0.15, 0.2) is 12.2 Å². The van der Waals surface area contributed by atoms with Crippen LogP contribution >= 0.6 is 0 Å². The van der Waals surface area contributed by atoms with E-state index in [9.17, 15) is 0 Å². The lowest BCUT2D eigenvalue weighted by atomic mass is 9.75. The summed E-state index contributed by atoms with van der Waals surface area (Å²) in [7, 11) is 0. The van der Waals surface area contributed by atoms with E-state index in [-0.39, 0.29) is 0 Å². The highest BCUT2D eigenvalue weighted by molar-refractivity contribution is 5.04. The Bertz CT molecular complexity index is 322. The largest absolute Gasteiger partial charge is 0.193 e. The minimum Gasteiger partial charge on any atom is -0.193 e. The first-order valence-electron chi connectivity index (χ1n) is 8.88. The second-order valence-electron chi connectivity index (χ2n) is 7.14. The van der Waals surface area contributed by atoms with Crippen LogP contribution < -0.4 is 0 Å². The lowest BCUT2D eigenvalue weighted by molar-refractivity contribution is 0.224. The Balaban J connectivity index is 1.60. The van der Waals surface area contributed by atoms with E-state index in [1.165, 1.54) is 70.6 Å². The molecule has 0 radical (unpaired) electrons. The first-order chi connectivity index (χ1) is 9.81. The Kier molecular flexibility index (Phi) is 6.64. The third-order valence-electron chi connectivity index (χ3n) is 5.86. The Morgan fingerprint density at radius 3 is 1.85 bits per heavy atom. The zero-order chi connectivity index (χ0) is 14.2. The van der Waals surface area contributed by atoms with E-state index in [2.05, 4.69) is 19.1 Å². The molecule has 2 saturated carbocycles. The summed E-state index contributed by atoms with van der Waals surface area (Å²) in [5.74, 6) is 3.74. The summed E-state index contributed by atoms with van der Waals surface area (Å²) < 4.78 is 0. The van der Waals surface area contributed by atoms with Crippen LogP contribution in [0.25, 0.3) is 0 Å². The normalized spacial score (nSPS) is 35.0. The van der Waals surface area contributed by atoms with Gasteiger partial charge in [-0.05, 0) is 49.4 Å². The van der Waals surface area contributed by atoms with Crippen molar-refractivity contribution in [3.63, 3.8) is 0 Å². The van der Waals surface area contributed by atoms with Gasteiger partial charge in [0, 0.05) is 6.08 Å². The van der Waals surface area contributed by atoms with Gasteiger partial charge < -0.3 is 0 Å². The smallest absolute Gasteiger partial charge is 0.0908 e. The SMILES string of the molecule is CC[C@H]1CC[C@H](CCC2CCC(C=CC#N)CC2)CC1. The topological polar surface area (TPSA) is 23.8 Å². The van der Waals surface area contributed by atoms with Crippen LogP contribution in [0.2, 0.25) is 0 Å². The van der Waals surface area contributed by atoms with Gasteiger partial charge in [-0.15, -0.1) is 0 Å². The van der Waals surface area contributed by atoms with Crippen molar-refractivity contribution >= 4 is 0 Å². The minimum atomic E-state index is 0.686. The molecule has 0 heterocycles. The maximum atomic E-state index is 8.58. The van der Waals surface area contributed by atoms with E-state index in [0.717, 1.165) is 17.8 Å². The van der Waals surface area contributed by atoms with Crippen LogP contribution in [0.3, 0.4) is 0 Å². The number of nitrogens with zero attached hydrogens (tertiary/aromatic N) is 1. The molecule has 1 nitrogen and oxygen atoms in total. The van der Waals surface area contributed by atoms with Gasteiger partial charge in [0.05, 0.1) is 6.07 Å². The molecule has 2 fully saturated rings. The van der Waals surface area contributed by atoms with Crippen LogP contribution in [-0.4, -0.2) is 0 Å². The summed E-state index contributed by atoms with van der Waals surface area (Å²) in [6.07, 6.45) is 19.5. The van der Waals surface area contributed by atoms with E-state index in [0.29, 0.717) is 5.92 Å². The Labute approximate surface area is 125 Å². The number of allylic oxidation sites excluding steroid dienone is 2. The second-order valence-corrected chi connectivity index (χ2v) is 7.14. The molecule has 0 saturated heterocycles. The molecule has 1 heteroatoms. The molecule has 2 aliphatic rings. The zero-order valence-corrected chi connectivity index (χ0v) is 13.2. The maximum Gasteiger partial charge on any atom is 0.0908 e. The van der Waals surface area contributed by atoms with Gasteiger partial charge in [-0.1, -0.05) is 57.9 Å². The minimum absolute atomic E-state index is 0.686. The van der Waals surface area contributed by atoms with Gasteiger partial charge in [-0.3, -0.25) is 0 Å². The summed E-state index contributed by atoms with van der Waals surface area (Å²) in [5, 5.41) is 8.58. The number of hydrogen-bond donors (Lipinski definition) is 0. The van der Waals surface area contributed by atoms with Crippen molar-refractivity contribution in [3.05, 3.63) is 12.2 Å². The maximum absolute atomic E-state index is 8.58. The fraction of sp³-hybridized carbons (Fsp3) is 0.842. The van der Waals surface area contributed by atoms with Gasteiger partial charge in [-0.25, -0.2) is 0 Å². The molecule has 112 valence electrons. The summed E-state index contributed by atoms with van der Waals surface area (Å²) in [4.78, 5) is 0. The van der Waals surface area contributed by atoms with Crippen molar-refractivity contribution in [2.24, 2.45) is 23.7 Å². The fourth-order valence-corrected chi connectivity index (χ4v) is 4.25. The molecule has 0 aromatic rings. The monoisotopic (exact) mass is 273 g/mol. The summed E-state index contributed by atoms with van der Waals surface area (Å²) >= 11 is 0. The highest BCUT2D eigenvalue weighted by Crippen LogP contribution is 2.37. The fourth-order valence-electron chi connectivity index (χ4n) is 4.25. The van der Waals surface area contributed by atoms with Crippen LogP contribution in [0.1, 0.15) is 77.6 Å². The van der Waals surface area contributed by atoms with Crippen molar-refractivity contribution in [2.45, 2.75) is 77.6 Å². The quantitative estimate of drug-likeness (QED) is 0.575. The van der Waals surface area contributed by atoms with Crippen LogP contribution in [0.5, 0.6) is 0 Å². The average molecular weight is 273 g/mol. The molecular weight excluding hydrogens is 242 g/mol. The number of nitriles is 1. The van der Waals surface area contributed by atoms with Crippen molar-refractivity contribution in [1.82, 2.24) is 0 Å². The van der Waals surface area contributed by atoms with E-state index in [1.54, 1.807) is 6.08 Å². The molecule has 0 spiro atoms. The van der Waals surface area contributed by atoms with Crippen LogP contribution in [0.4, 0.5) is 0 Å². The summed E-state index contributed by atoms with van der Waals surface area (Å²) in [6.45, 7) is 2.35. The van der Waals surface area contributed by atoms with Gasteiger partial charge >= 0.3 is 0 Å². The van der Waals surface area contributed by atoms with Gasteiger partial charge in [-0.2, -0.15) is 5.26 Å². The highest BCUT2D eigenvalue weighted by Gasteiger charge is 2.23. The van der Waals surface area contributed by atoms with Crippen LogP contribution in [-0.2, 0) is 0 Å². The third kappa shape index (κ3) is 4.97. The predicted octanol–water partition coefficient (Wildman–Crippen LogP) is 5.87. The molecule has 0 aliphatic heterocycles. The molecule has 0 bridgehead atoms. The van der Waals surface area contributed by atoms with Crippen molar-refractivity contribution in [2.75, 3.05) is 0 Å². The molecule has 2 rings (SSSR count). The Morgan fingerprint density at radius 2 is 1.35 bits per heavy atom. The standard InChI is InChI=1S/C19H31N/c1-2-16-5-7-18(8-6-16)13-14-19-11-9-17(10-12-19)4-3-15-20/h3-4,16-19H,2,5-14H2,1H3/t16-,17?,18-,19?. The molecule has 0 aromatic carbocycles. The van der Waals surface area contributed by atoms with Crippen LogP contribution in [0, 0.1) is 35.0 Å². The van der Waals surface area contributed by atoms with E-state index in [4.69, 9.17) is 5.26 Å². The number of hydrogen-bond acceptors (Lipinski definition) is 1. The highest BCUT2D eigenvalue weighted by atomic mass is 14.3. The predicted molar refractivity (Wildman–Crippen MR) is 85.2 cm³/mol. The van der Waals surface area contributed by atoms with Crippen molar-refractivity contribution in [1.29, 1.82) is 5.26 Å². The number of rotatable bonds is 5. The first kappa shape index (κ1) is 15.6. The lowest BCUT2D eigenvalue weighted by Gasteiger charge is -2.31. The van der Waals surface area contributed by atoms with Crippen molar-refractivity contribution < 1.29 is 0 Å². The second kappa shape index (κ2) is 8.50. The molecule has 0 unspecified atom stereocenters. The molecular formula is C19H31N. The molecule has 2 aliphatic carbocycles. The van der Waals surface area contributed by atoms with Crippen molar-refractivity contribution in [3.8, 4) is 6.07 Å². The zero-order valence-electron chi connectivity index (χ0n) is 13.2. The van der Waals surface area contributed by atoms with E-state index in [1.807, 2.05) is 0 Å². The summed E-state index contributed by atoms with van der Waals surface area (Å²) in [6, 6.07) is 2.12. The first-order valence-corrected chi connectivity index (χ1v) is 8.88. The Morgan fingerprint density at radius 1 is 0.850 bits per heavy atom. The van der Waals surface area contributed by atoms with Gasteiger partial charge in [0.1, 0.15) is 0 Å². The average Bonchev–Trinajstić information content (AvgIpc) is 2.52. The van der Waals surface area contributed by atoms with E-state index >= 15 is 0 Å². The van der Waals surface area contributed by atoms with Gasteiger partial charge in [0.25, 0.3) is 0 Å². The Hall–Kier alpha value is -0.770. The molecule has 0 aromatic heterocycles. The van der Waals surface area contributed by atoms with Gasteiger partial charge in [0.2, 0.25) is 0 Å². The molecule has 0 N–H and O–H groups in total. The third-order valence-corrected chi connectivity index (χ3v) is 5.86. The van der Waals surface area contributed by atoms with E-state index < -0.39 is 0 Å². The molecule has 0 amide bonds. The van der Waals surface area contributed by atoms with Gasteiger partial charge in [0.15, 0.2) is 0 Å². The lowest BCUT2D eigenvalue weighted by Crippen LogP contribution is -2.17. The molecule has 20 heavy (non-hydrogen) atoms. The molecule has 0 atom stereocenters.